The summed E-state index contributed by atoms with van der Waals surface area (Å²) in [6.45, 7) is 8.21. The van der Waals surface area contributed by atoms with Gasteiger partial charge >= 0.3 is 12.1 Å². The summed E-state index contributed by atoms with van der Waals surface area (Å²) in [5.41, 5.74) is 15.9. The zero-order chi connectivity index (χ0) is 38.3. The van der Waals surface area contributed by atoms with Crippen LogP contribution in [0.2, 0.25) is 0 Å². The van der Waals surface area contributed by atoms with Gasteiger partial charge in [0.05, 0.1) is 30.5 Å². The van der Waals surface area contributed by atoms with E-state index < -0.39 is 23.5 Å². The third-order valence-corrected chi connectivity index (χ3v) is 10.2. The van der Waals surface area contributed by atoms with E-state index in [0.717, 1.165) is 34.2 Å². The van der Waals surface area contributed by atoms with Gasteiger partial charge in [-0.2, -0.15) is 0 Å². The molecule has 4 aromatic rings. The molecule has 280 valence electrons. The van der Waals surface area contributed by atoms with Crippen LogP contribution in [0.15, 0.2) is 65.3 Å². The second-order valence-corrected chi connectivity index (χ2v) is 15.4. The topological polar surface area (TPSA) is 158 Å². The van der Waals surface area contributed by atoms with Gasteiger partial charge in [-0.3, -0.25) is 0 Å². The zero-order valence-corrected chi connectivity index (χ0v) is 32.3. The highest BCUT2D eigenvalue weighted by Gasteiger charge is 2.27. The van der Waals surface area contributed by atoms with Crippen molar-refractivity contribution >= 4 is 55.2 Å². The molecule has 0 saturated heterocycles. The summed E-state index contributed by atoms with van der Waals surface area (Å²) in [5.74, 6) is 5.66. The summed E-state index contributed by atoms with van der Waals surface area (Å²) < 4.78 is 32.0. The van der Waals surface area contributed by atoms with E-state index in [1.807, 2.05) is 36.1 Å². The molecule has 5 N–H and O–H groups in total. The number of carbonyl (C=O) groups is 2. The lowest BCUT2D eigenvalue weighted by Gasteiger charge is -2.30. The molecule has 0 bridgehead atoms. The number of hydrogen-bond acceptors (Lipinski definition) is 13. The summed E-state index contributed by atoms with van der Waals surface area (Å²) in [5, 5.41) is 4.49. The molecular formula is C38H44FN7O5S2. The van der Waals surface area contributed by atoms with E-state index in [4.69, 9.17) is 25.7 Å². The molecule has 0 radical (unpaired) electrons. The van der Waals surface area contributed by atoms with E-state index in [2.05, 4.69) is 27.1 Å². The van der Waals surface area contributed by atoms with Gasteiger partial charge < -0.3 is 40.8 Å². The standard InChI is InChI=1S/C38H44FN7O5S2/c1-23(32(40)44-35-42-27-14-7-8-15-29(27)52-35)25-13-10-20-46(33(25)41)36-43-31(34(47)49-6)30(53-36)16-11-21-50-28-18-17-24(22-26(28)39)12-9-19-45(5)37(48)51-38(2,3)4/h7-8,14-15,17-18,22H,10-11,13,16,19-21,40-41H2,1-6H3,(H,42,44)/b32-23+. The number of para-hydroxylation sites is 1. The van der Waals surface area contributed by atoms with Gasteiger partial charge in [-0.05, 0) is 94.9 Å². The fourth-order valence-corrected chi connectivity index (χ4v) is 7.36. The quantitative estimate of drug-likeness (QED) is 0.0823. The lowest BCUT2D eigenvalue weighted by molar-refractivity contribution is 0.0320. The Kier molecular flexibility index (Phi) is 12.5. The number of halogens is 1. The number of esters is 1. The fraction of sp³-hybridized carbons (Fsp3) is 0.368. The number of allylic oxidation sites excluding steroid dienone is 2. The molecule has 0 aliphatic carbocycles. The third kappa shape index (κ3) is 9.97. The molecule has 5 rings (SSSR count). The number of rotatable bonds is 11. The average molecular weight is 762 g/mol. The van der Waals surface area contributed by atoms with Crippen molar-refractivity contribution in [1.82, 2.24) is 14.9 Å². The lowest BCUT2D eigenvalue weighted by Crippen LogP contribution is -2.34. The average Bonchev–Trinajstić information content (AvgIpc) is 3.73. The number of amides is 1. The minimum absolute atomic E-state index is 0.0821. The van der Waals surface area contributed by atoms with Crippen LogP contribution in [-0.2, 0) is 15.9 Å². The van der Waals surface area contributed by atoms with Crippen LogP contribution in [0.25, 0.3) is 10.2 Å². The fourth-order valence-electron chi connectivity index (χ4n) is 5.36. The number of benzene rings is 2. The number of methoxy groups -OCH3 is 1. The first-order chi connectivity index (χ1) is 25.2. The number of aromatic nitrogens is 2. The number of thiazole rings is 2. The summed E-state index contributed by atoms with van der Waals surface area (Å²) in [4.78, 5) is 38.1. The predicted molar refractivity (Wildman–Crippen MR) is 207 cm³/mol. The van der Waals surface area contributed by atoms with Crippen molar-refractivity contribution < 1.29 is 28.2 Å². The Balaban J connectivity index is 1.22. The first kappa shape index (κ1) is 38.9. The van der Waals surface area contributed by atoms with Crippen LogP contribution in [0.4, 0.5) is 19.4 Å². The summed E-state index contributed by atoms with van der Waals surface area (Å²) in [6.07, 6.45) is 1.97. The largest absolute Gasteiger partial charge is 0.491 e. The van der Waals surface area contributed by atoms with Crippen molar-refractivity contribution in [3.05, 3.63) is 87.2 Å². The number of carbonyl (C=O) groups excluding carboxylic acids is 2. The summed E-state index contributed by atoms with van der Waals surface area (Å²) >= 11 is 2.88. The number of aryl methyl sites for hydroxylation is 1. The van der Waals surface area contributed by atoms with Crippen LogP contribution < -0.4 is 26.4 Å². The molecule has 1 amide bonds. The molecule has 12 nitrogen and oxygen atoms in total. The molecule has 0 atom stereocenters. The Labute approximate surface area is 316 Å². The minimum atomic E-state index is -0.611. The van der Waals surface area contributed by atoms with Crippen LogP contribution in [0.1, 0.15) is 67.9 Å². The van der Waals surface area contributed by atoms with E-state index in [-0.39, 0.29) is 24.6 Å². The van der Waals surface area contributed by atoms with E-state index in [9.17, 15) is 14.0 Å². The first-order valence-corrected chi connectivity index (χ1v) is 18.7. The molecule has 3 heterocycles. The van der Waals surface area contributed by atoms with Crippen molar-refractivity contribution in [2.45, 2.75) is 59.0 Å². The number of nitrogens with one attached hydrogen (secondary N) is 1. The highest BCUT2D eigenvalue weighted by Crippen LogP contribution is 2.35. The lowest BCUT2D eigenvalue weighted by atomic mass is 9.99. The van der Waals surface area contributed by atoms with Crippen LogP contribution >= 0.6 is 22.7 Å². The predicted octanol–water partition coefficient (Wildman–Crippen LogP) is 6.98. The van der Waals surface area contributed by atoms with E-state index in [1.165, 1.54) is 46.8 Å². The molecular weight excluding hydrogens is 718 g/mol. The SMILES string of the molecule is COC(=O)c1nc(N2CCCC(/C(C)=C(\N)Nc3nc4ccccc4s3)=C2N)sc1CCCOc1ccc(C#CCN(C)C(=O)OC(C)(C)C)cc1F. The van der Waals surface area contributed by atoms with Gasteiger partial charge in [0.1, 0.15) is 17.2 Å². The van der Waals surface area contributed by atoms with Crippen molar-refractivity contribution in [3.8, 4) is 17.6 Å². The number of nitrogens with zero attached hydrogens (tertiary/aromatic N) is 4. The van der Waals surface area contributed by atoms with Crippen LogP contribution in [0, 0.1) is 17.7 Å². The van der Waals surface area contributed by atoms with Crippen molar-refractivity contribution in [1.29, 1.82) is 0 Å². The minimum Gasteiger partial charge on any atom is -0.491 e. The second kappa shape index (κ2) is 17.0. The van der Waals surface area contributed by atoms with E-state index in [0.29, 0.717) is 51.7 Å². The van der Waals surface area contributed by atoms with Gasteiger partial charge in [-0.25, -0.2) is 23.9 Å². The smallest absolute Gasteiger partial charge is 0.410 e. The molecule has 53 heavy (non-hydrogen) atoms. The molecule has 0 saturated carbocycles. The monoisotopic (exact) mass is 761 g/mol. The maximum absolute atomic E-state index is 14.9. The Morgan fingerprint density at radius 1 is 1.15 bits per heavy atom. The Morgan fingerprint density at radius 2 is 1.92 bits per heavy atom. The van der Waals surface area contributed by atoms with E-state index >= 15 is 0 Å². The second-order valence-electron chi connectivity index (χ2n) is 13.3. The van der Waals surface area contributed by atoms with Crippen LogP contribution in [-0.4, -0.2) is 66.4 Å². The normalized spacial score (nSPS) is 13.6. The van der Waals surface area contributed by atoms with Gasteiger partial charge in [0, 0.05) is 24.0 Å². The van der Waals surface area contributed by atoms with Gasteiger partial charge in [0.2, 0.25) is 0 Å². The highest BCUT2D eigenvalue weighted by molar-refractivity contribution is 7.22. The first-order valence-electron chi connectivity index (χ1n) is 17.0. The number of anilines is 2. The van der Waals surface area contributed by atoms with Crippen molar-refractivity contribution in [2.24, 2.45) is 11.5 Å². The molecule has 15 heteroatoms. The van der Waals surface area contributed by atoms with Crippen LogP contribution in [0.3, 0.4) is 0 Å². The van der Waals surface area contributed by atoms with Gasteiger partial charge in [-0.1, -0.05) is 35.3 Å². The van der Waals surface area contributed by atoms with Crippen molar-refractivity contribution in [2.75, 3.05) is 44.1 Å². The molecule has 2 aromatic heterocycles. The number of fused-ring (bicyclic) bond motifs is 1. The van der Waals surface area contributed by atoms with Gasteiger partial charge in [-0.15, -0.1) is 11.3 Å². The third-order valence-electron chi connectivity index (χ3n) is 8.09. The molecule has 1 aliphatic rings. The van der Waals surface area contributed by atoms with Crippen LogP contribution in [0.5, 0.6) is 5.75 Å². The maximum Gasteiger partial charge on any atom is 0.410 e. The molecule has 0 fully saturated rings. The molecule has 0 unspecified atom stereocenters. The van der Waals surface area contributed by atoms with E-state index in [1.54, 1.807) is 33.9 Å². The summed E-state index contributed by atoms with van der Waals surface area (Å²) in [6, 6.07) is 12.3. The van der Waals surface area contributed by atoms with Gasteiger partial charge in [0.15, 0.2) is 27.5 Å². The zero-order valence-electron chi connectivity index (χ0n) is 30.7. The van der Waals surface area contributed by atoms with Gasteiger partial charge in [0.25, 0.3) is 0 Å². The summed E-state index contributed by atoms with van der Waals surface area (Å²) in [7, 11) is 2.90. The van der Waals surface area contributed by atoms with Crippen molar-refractivity contribution in [3.63, 3.8) is 0 Å². The number of hydrogen-bond donors (Lipinski definition) is 3. The Morgan fingerprint density at radius 3 is 2.64 bits per heavy atom. The highest BCUT2D eigenvalue weighted by atomic mass is 32.1. The number of nitrogens with two attached hydrogens (primary N) is 2. The Bertz CT molecular complexity index is 2070. The molecule has 0 spiro atoms. The number of ether oxygens (including phenoxy) is 3. The Hall–Kier alpha value is -5.33. The maximum atomic E-state index is 14.9. The molecule has 1 aliphatic heterocycles. The molecule has 2 aromatic carbocycles.